The van der Waals surface area contributed by atoms with Gasteiger partial charge in [-0.15, -0.1) is 0 Å². The Bertz CT molecular complexity index is 1690. The highest BCUT2D eigenvalue weighted by molar-refractivity contribution is 6.20. The van der Waals surface area contributed by atoms with Crippen LogP contribution in [-0.4, -0.2) is 100 Å². The lowest BCUT2D eigenvalue weighted by Gasteiger charge is -2.45. The molecular formula is C35H43N3O12. The fourth-order valence-corrected chi connectivity index (χ4v) is 8.35. The van der Waals surface area contributed by atoms with Crippen molar-refractivity contribution in [3.8, 4) is 11.5 Å². The number of carbonyl (C=O) groups is 3. The number of benzene rings is 1. The van der Waals surface area contributed by atoms with E-state index in [9.17, 15) is 40.3 Å². The molecule has 12 atom stereocenters. The van der Waals surface area contributed by atoms with Gasteiger partial charge in [0.25, 0.3) is 0 Å². The third-order valence-corrected chi connectivity index (χ3v) is 11.0. The summed E-state index contributed by atoms with van der Waals surface area (Å²) in [5.74, 6) is -5.09. The molecule has 15 nitrogen and oxygen atoms in total. The van der Waals surface area contributed by atoms with Crippen molar-refractivity contribution in [2.45, 2.75) is 107 Å². The molecule has 0 aromatic heterocycles. The second-order valence-electron chi connectivity index (χ2n) is 14.0. The van der Waals surface area contributed by atoms with Crippen LogP contribution < -0.4 is 0 Å². The van der Waals surface area contributed by atoms with Gasteiger partial charge < -0.3 is 44.1 Å². The number of aromatic hydroxyl groups is 2. The number of nitrogens with zero attached hydrogens (tertiary/aromatic N) is 3. The van der Waals surface area contributed by atoms with Crippen LogP contribution in [0.2, 0.25) is 0 Å². The van der Waals surface area contributed by atoms with Crippen molar-refractivity contribution < 1.29 is 58.5 Å². The van der Waals surface area contributed by atoms with E-state index in [1.54, 1.807) is 19.1 Å². The molecule has 1 aromatic carbocycles. The first-order valence-electron chi connectivity index (χ1n) is 16.8. The van der Waals surface area contributed by atoms with Crippen molar-refractivity contribution >= 4 is 17.3 Å². The zero-order chi connectivity index (χ0) is 36.2. The summed E-state index contributed by atoms with van der Waals surface area (Å²) in [7, 11) is 2.87. The number of aliphatic hydroxyl groups excluding tert-OH is 1. The number of ketones is 3. The topological polar surface area (TPSA) is 227 Å². The summed E-state index contributed by atoms with van der Waals surface area (Å²) >= 11 is 0. The summed E-state index contributed by atoms with van der Waals surface area (Å²) < 4.78 is 29.6. The normalized spacial score (nSPS) is 37.9. The molecule has 1 heterocycles. The minimum atomic E-state index is -2.02. The van der Waals surface area contributed by atoms with Gasteiger partial charge in [-0.05, 0) is 44.2 Å². The standard InChI is InChI=1S/C35H43N3O12/c1-14-9-17(10-20(37-38-36)34(14)50-24-11-22(47-5)29(40)15(2)48-24)49-23-13-35(45,16(3)39)12-19-26(23)33(44)28-27(31(19)42)30(41)18-7-6-8-21(46-4)25(18)32(28)43/h6-8,14-15,17-18,20,22-25,29,34,40,42,44-45H,9-13H2,1-5H3/t14?,15?,17?,18?,20?,22?,23-,24?,25?,29?,34?,35-/m0/s1. The summed E-state index contributed by atoms with van der Waals surface area (Å²) in [6.07, 6.45) is -0.415. The third kappa shape index (κ3) is 6.00. The van der Waals surface area contributed by atoms with Crippen molar-refractivity contribution in [3.63, 3.8) is 0 Å². The van der Waals surface area contributed by atoms with E-state index in [0.717, 1.165) is 0 Å². The Morgan fingerprint density at radius 3 is 2.46 bits per heavy atom. The average molecular weight is 698 g/mol. The number of phenols is 2. The number of aliphatic hydroxyl groups is 2. The van der Waals surface area contributed by atoms with Crippen LogP contribution in [0.1, 0.15) is 84.4 Å². The molecule has 50 heavy (non-hydrogen) atoms. The SMILES string of the molecule is COC1=CC=CC2C(=O)c3c(O)c4c(c(O)c3C(=O)C12)[C@@H](OC1CC(C)C(OC2CC(OC)C(O)C(C)O2)C(N=[N+]=[N-])C1)C[C@](O)(C(C)=O)C4. The van der Waals surface area contributed by atoms with Crippen LogP contribution in [0.15, 0.2) is 29.1 Å². The minimum absolute atomic E-state index is 0.00110. The van der Waals surface area contributed by atoms with Gasteiger partial charge in [0.1, 0.15) is 29.0 Å². The van der Waals surface area contributed by atoms with Crippen LogP contribution in [-0.2, 0) is 34.9 Å². The molecule has 2 fully saturated rings. The summed E-state index contributed by atoms with van der Waals surface area (Å²) in [6, 6.07) is -0.740. The van der Waals surface area contributed by atoms with Crippen molar-refractivity contribution in [2.24, 2.45) is 22.9 Å². The summed E-state index contributed by atoms with van der Waals surface area (Å²) in [5.41, 5.74) is 6.64. The van der Waals surface area contributed by atoms with Gasteiger partial charge in [0.15, 0.2) is 23.6 Å². The number of hydrogen-bond acceptors (Lipinski definition) is 13. The molecule has 0 bridgehead atoms. The Morgan fingerprint density at radius 2 is 1.80 bits per heavy atom. The largest absolute Gasteiger partial charge is 0.507 e. The number of Topliss-reactive ketones (excluding diaryl/α,β-unsaturated/α-hetero) is 3. The van der Waals surface area contributed by atoms with E-state index >= 15 is 0 Å². The average Bonchev–Trinajstić information content (AvgIpc) is 3.07. The maximum Gasteiger partial charge on any atom is 0.179 e. The highest BCUT2D eigenvalue weighted by atomic mass is 16.7. The monoisotopic (exact) mass is 697 g/mol. The number of ether oxygens (including phenoxy) is 5. The van der Waals surface area contributed by atoms with E-state index in [2.05, 4.69) is 10.0 Å². The van der Waals surface area contributed by atoms with Crippen molar-refractivity contribution in [1.29, 1.82) is 0 Å². The number of methoxy groups -OCH3 is 2. The van der Waals surface area contributed by atoms with Crippen LogP contribution in [0.4, 0.5) is 0 Å². The highest BCUT2D eigenvalue weighted by Crippen LogP contribution is 2.54. The zero-order valence-corrected chi connectivity index (χ0v) is 28.5. The molecule has 0 amide bonds. The highest BCUT2D eigenvalue weighted by Gasteiger charge is 2.52. The molecule has 1 saturated carbocycles. The number of carbonyl (C=O) groups excluding carboxylic acids is 3. The van der Waals surface area contributed by atoms with E-state index in [0.29, 0.717) is 6.42 Å². The Kier molecular flexibility index (Phi) is 9.87. The molecule has 1 saturated heterocycles. The van der Waals surface area contributed by atoms with Crippen LogP contribution >= 0.6 is 0 Å². The zero-order valence-electron chi connectivity index (χ0n) is 28.5. The first-order chi connectivity index (χ1) is 23.7. The lowest BCUT2D eigenvalue weighted by molar-refractivity contribution is -0.274. The number of phenolic OH excluding ortho intramolecular Hbond substituents is 2. The third-order valence-electron chi connectivity index (χ3n) is 11.0. The van der Waals surface area contributed by atoms with Gasteiger partial charge in [0.05, 0.1) is 66.6 Å². The number of azide groups is 1. The fourth-order valence-electron chi connectivity index (χ4n) is 8.35. The lowest BCUT2D eigenvalue weighted by Crippen LogP contribution is -2.52. The molecule has 0 radical (unpaired) electrons. The first-order valence-corrected chi connectivity index (χ1v) is 16.8. The number of rotatable bonds is 8. The molecule has 10 unspecified atom stereocenters. The van der Waals surface area contributed by atoms with Crippen molar-refractivity contribution in [3.05, 3.63) is 56.7 Å². The molecule has 6 rings (SSSR count). The van der Waals surface area contributed by atoms with Gasteiger partial charge in [-0.25, -0.2) is 0 Å². The van der Waals surface area contributed by atoms with Gasteiger partial charge in [0, 0.05) is 42.4 Å². The second kappa shape index (κ2) is 13.7. The van der Waals surface area contributed by atoms with E-state index in [4.69, 9.17) is 23.7 Å². The maximum atomic E-state index is 14.0. The second-order valence-corrected chi connectivity index (χ2v) is 14.0. The van der Waals surface area contributed by atoms with Gasteiger partial charge >= 0.3 is 0 Å². The fraction of sp³-hybridized carbons (Fsp3) is 0.629. The molecule has 15 heteroatoms. The van der Waals surface area contributed by atoms with E-state index in [-0.39, 0.29) is 53.2 Å². The van der Waals surface area contributed by atoms with Crippen LogP contribution in [0.25, 0.3) is 10.4 Å². The Balaban J connectivity index is 1.33. The number of allylic oxidation sites excluding steroid dienone is 4. The van der Waals surface area contributed by atoms with E-state index in [1.807, 2.05) is 6.92 Å². The van der Waals surface area contributed by atoms with Crippen LogP contribution in [0, 0.1) is 17.8 Å². The molecule has 4 aliphatic carbocycles. The molecule has 1 aromatic rings. The summed E-state index contributed by atoms with van der Waals surface area (Å²) in [4.78, 5) is 43.6. The van der Waals surface area contributed by atoms with E-state index < -0.39 is 102 Å². The van der Waals surface area contributed by atoms with Gasteiger partial charge in [-0.3, -0.25) is 14.4 Å². The maximum absolute atomic E-state index is 14.0. The predicted molar refractivity (Wildman–Crippen MR) is 173 cm³/mol. The quantitative estimate of drug-likeness (QED) is 0.132. The van der Waals surface area contributed by atoms with Crippen molar-refractivity contribution in [1.82, 2.24) is 0 Å². The van der Waals surface area contributed by atoms with Crippen LogP contribution in [0.3, 0.4) is 0 Å². The minimum Gasteiger partial charge on any atom is -0.507 e. The molecule has 0 spiro atoms. The van der Waals surface area contributed by atoms with Gasteiger partial charge in [-0.2, -0.15) is 0 Å². The van der Waals surface area contributed by atoms with E-state index in [1.165, 1.54) is 27.2 Å². The summed E-state index contributed by atoms with van der Waals surface area (Å²) in [5, 5.41) is 49.3. The summed E-state index contributed by atoms with van der Waals surface area (Å²) in [6.45, 7) is 4.79. The Labute approximate surface area is 288 Å². The van der Waals surface area contributed by atoms with Gasteiger partial charge in [0.2, 0.25) is 0 Å². The van der Waals surface area contributed by atoms with Gasteiger partial charge in [-0.1, -0.05) is 24.2 Å². The molecule has 5 aliphatic rings. The molecule has 4 N–H and O–H groups in total. The molecule has 270 valence electrons. The molecule has 1 aliphatic heterocycles. The lowest BCUT2D eigenvalue weighted by atomic mass is 9.67. The number of hydrogen-bond donors (Lipinski definition) is 4. The Hall–Kier alpha value is -3.82. The molecular weight excluding hydrogens is 654 g/mol. The predicted octanol–water partition coefficient (Wildman–Crippen LogP) is 3.51. The smallest absolute Gasteiger partial charge is 0.179 e. The Morgan fingerprint density at radius 1 is 1.08 bits per heavy atom. The number of fused-ring (bicyclic) bond motifs is 3. The first kappa shape index (κ1) is 36.0. The van der Waals surface area contributed by atoms with Crippen molar-refractivity contribution in [2.75, 3.05) is 14.2 Å². The van der Waals surface area contributed by atoms with Crippen LogP contribution in [0.5, 0.6) is 11.5 Å².